The fourth-order valence-corrected chi connectivity index (χ4v) is 3.41. The Balaban J connectivity index is 2.05. The molecule has 0 aliphatic rings. The summed E-state index contributed by atoms with van der Waals surface area (Å²) in [5.41, 5.74) is 7.23. The number of hydrogen-bond donors (Lipinski definition) is 2. The molecule has 2 rings (SSSR count). The minimum Gasteiger partial charge on any atom is -0.495 e. The summed E-state index contributed by atoms with van der Waals surface area (Å²) in [6.07, 6.45) is 0. The van der Waals surface area contributed by atoms with E-state index in [9.17, 15) is 4.79 Å². The third-order valence-electron chi connectivity index (χ3n) is 2.68. The Morgan fingerprint density at radius 3 is 2.86 bits per heavy atom. The van der Waals surface area contributed by atoms with Crippen LogP contribution in [0.15, 0.2) is 22.5 Å². The van der Waals surface area contributed by atoms with Crippen molar-refractivity contribution in [2.75, 3.05) is 18.2 Å². The van der Waals surface area contributed by atoms with Crippen molar-refractivity contribution >= 4 is 39.8 Å². The van der Waals surface area contributed by atoms with Gasteiger partial charge in [-0.25, -0.2) is 0 Å². The average Bonchev–Trinajstić information content (AvgIpc) is 2.84. The number of nitrogen functional groups attached to an aromatic ring is 1. The topological polar surface area (TPSA) is 90.1 Å². The van der Waals surface area contributed by atoms with E-state index in [1.165, 1.54) is 23.1 Å². The molecule has 1 aromatic heterocycles. The first-order chi connectivity index (χ1) is 9.99. The van der Waals surface area contributed by atoms with Gasteiger partial charge in [0, 0.05) is 0 Å². The van der Waals surface area contributed by atoms with E-state index in [-0.39, 0.29) is 11.2 Å². The lowest BCUT2D eigenvalue weighted by molar-refractivity contribution is -0.115. The van der Waals surface area contributed by atoms with Gasteiger partial charge in [-0.3, -0.25) is 4.79 Å². The number of aryl methyl sites for hydroxylation is 1. The number of nitrogens with zero attached hydrogens (tertiary/aromatic N) is 2. The molecule has 6 nitrogen and oxygen atoms in total. The van der Waals surface area contributed by atoms with Crippen LogP contribution >= 0.6 is 23.1 Å². The minimum absolute atomic E-state index is 0.127. The molecule has 0 bridgehead atoms. The van der Waals surface area contributed by atoms with Gasteiger partial charge >= 0.3 is 0 Å². The summed E-state index contributed by atoms with van der Waals surface area (Å²) in [6.45, 7) is 3.76. The minimum atomic E-state index is -0.317. The van der Waals surface area contributed by atoms with Crippen LogP contribution in [-0.2, 0) is 4.79 Å². The maximum absolute atomic E-state index is 12.2. The van der Waals surface area contributed by atoms with Gasteiger partial charge in [0.2, 0.25) is 11.0 Å². The number of aromatic nitrogens is 2. The van der Waals surface area contributed by atoms with Crippen molar-refractivity contribution in [2.45, 2.75) is 23.4 Å². The van der Waals surface area contributed by atoms with Crippen LogP contribution in [0.4, 0.5) is 10.8 Å². The van der Waals surface area contributed by atoms with E-state index < -0.39 is 0 Å². The van der Waals surface area contributed by atoms with E-state index >= 15 is 0 Å². The first kappa shape index (κ1) is 15.6. The van der Waals surface area contributed by atoms with E-state index in [4.69, 9.17) is 10.5 Å². The number of carbonyl (C=O) groups excluding carboxylic acids is 1. The molecule has 3 N–H and O–H groups in total. The van der Waals surface area contributed by atoms with Crippen LogP contribution in [0, 0.1) is 6.92 Å². The Hall–Kier alpha value is -1.80. The predicted octanol–water partition coefficient (Wildman–Crippen LogP) is 2.56. The molecule has 0 aliphatic heterocycles. The summed E-state index contributed by atoms with van der Waals surface area (Å²) in [7, 11) is 1.57. The van der Waals surface area contributed by atoms with Crippen LogP contribution in [-0.4, -0.2) is 28.5 Å². The normalized spacial score (nSPS) is 12.0. The molecule has 8 heteroatoms. The molecule has 0 saturated carbocycles. The maximum atomic E-state index is 12.2. The number of nitrogens with one attached hydrogen (secondary N) is 1. The lowest BCUT2D eigenvalue weighted by Crippen LogP contribution is -2.22. The first-order valence-electron chi connectivity index (χ1n) is 6.20. The molecule has 1 amide bonds. The Morgan fingerprint density at radius 2 is 2.24 bits per heavy atom. The molecule has 2 aromatic rings. The highest BCUT2D eigenvalue weighted by atomic mass is 32.2. The lowest BCUT2D eigenvalue weighted by atomic mass is 10.2. The highest BCUT2D eigenvalue weighted by molar-refractivity contribution is 8.02. The van der Waals surface area contributed by atoms with Crippen LogP contribution in [0.25, 0.3) is 0 Å². The fraction of sp³-hybridized carbons (Fsp3) is 0.308. The summed E-state index contributed by atoms with van der Waals surface area (Å²) in [5, 5.41) is 10.6. The van der Waals surface area contributed by atoms with Gasteiger partial charge < -0.3 is 15.8 Å². The molecule has 0 saturated heterocycles. The van der Waals surface area contributed by atoms with E-state index in [1.54, 1.807) is 14.0 Å². The third-order valence-corrected chi connectivity index (χ3v) is 4.62. The second-order valence-electron chi connectivity index (χ2n) is 4.36. The number of thioether (sulfide) groups is 1. The average molecular weight is 324 g/mol. The summed E-state index contributed by atoms with van der Waals surface area (Å²) < 4.78 is 5.92. The van der Waals surface area contributed by atoms with Crippen molar-refractivity contribution in [3.05, 3.63) is 23.8 Å². The van der Waals surface area contributed by atoms with E-state index in [1.807, 2.05) is 25.1 Å². The van der Waals surface area contributed by atoms with Gasteiger partial charge in [-0.05, 0) is 31.5 Å². The molecule has 21 heavy (non-hydrogen) atoms. The second-order valence-corrected chi connectivity index (χ2v) is 6.96. The molecular formula is C13H16N4O2S2. The van der Waals surface area contributed by atoms with Gasteiger partial charge in [-0.2, -0.15) is 0 Å². The number of amides is 1. The zero-order valence-electron chi connectivity index (χ0n) is 11.9. The van der Waals surface area contributed by atoms with Crippen LogP contribution in [0.2, 0.25) is 0 Å². The zero-order chi connectivity index (χ0) is 15.4. The summed E-state index contributed by atoms with van der Waals surface area (Å²) >= 11 is 2.59. The van der Waals surface area contributed by atoms with Crippen molar-refractivity contribution in [3.8, 4) is 5.75 Å². The molecule has 1 heterocycles. The van der Waals surface area contributed by atoms with Crippen LogP contribution in [0.1, 0.15) is 12.5 Å². The number of methoxy groups -OCH3 is 1. The Labute approximate surface area is 131 Å². The third kappa shape index (κ3) is 4.08. The van der Waals surface area contributed by atoms with Crippen molar-refractivity contribution < 1.29 is 9.53 Å². The standard InChI is InChI=1S/C13H16N4O2S2/c1-7-4-5-10(19-3)9(6-7)15-11(18)8(2)20-13-17-16-12(14)21-13/h4-6,8H,1-3H3,(H2,14,16)(H,15,18). The molecule has 112 valence electrons. The zero-order valence-corrected chi connectivity index (χ0v) is 13.5. The quantitative estimate of drug-likeness (QED) is 0.822. The Morgan fingerprint density at radius 1 is 1.48 bits per heavy atom. The SMILES string of the molecule is COc1ccc(C)cc1NC(=O)C(C)Sc1nnc(N)s1. The molecule has 1 aromatic carbocycles. The molecule has 1 atom stereocenters. The van der Waals surface area contributed by atoms with Gasteiger partial charge in [-0.1, -0.05) is 29.2 Å². The van der Waals surface area contributed by atoms with Crippen molar-refractivity contribution in [3.63, 3.8) is 0 Å². The van der Waals surface area contributed by atoms with Gasteiger partial charge in [0.05, 0.1) is 18.0 Å². The predicted molar refractivity (Wildman–Crippen MR) is 86.0 cm³/mol. The fourth-order valence-electron chi connectivity index (χ4n) is 1.63. The summed E-state index contributed by atoms with van der Waals surface area (Å²) in [5.74, 6) is 0.504. The number of hydrogen-bond acceptors (Lipinski definition) is 7. The van der Waals surface area contributed by atoms with Crippen molar-refractivity contribution in [2.24, 2.45) is 0 Å². The molecule has 0 radical (unpaired) electrons. The van der Waals surface area contributed by atoms with E-state index in [2.05, 4.69) is 15.5 Å². The first-order valence-corrected chi connectivity index (χ1v) is 7.90. The van der Waals surface area contributed by atoms with Gasteiger partial charge in [0.1, 0.15) is 5.75 Å². The molecule has 0 fully saturated rings. The van der Waals surface area contributed by atoms with Gasteiger partial charge in [0.25, 0.3) is 0 Å². The highest BCUT2D eigenvalue weighted by Gasteiger charge is 2.18. The van der Waals surface area contributed by atoms with E-state index in [0.717, 1.165) is 5.56 Å². The summed E-state index contributed by atoms with van der Waals surface area (Å²) in [6, 6.07) is 5.63. The van der Waals surface area contributed by atoms with Crippen LogP contribution in [0.5, 0.6) is 5.75 Å². The lowest BCUT2D eigenvalue weighted by Gasteiger charge is -2.13. The monoisotopic (exact) mass is 324 g/mol. The number of anilines is 2. The molecular weight excluding hydrogens is 308 g/mol. The molecule has 0 spiro atoms. The van der Waals surface area contributed by atoms with Crippen molar-refractivity contribution in [1.29, 1.82) is 0 Å². The number of carbonyl (C=O) groups is 1. The number of benzene rings is 1. The van der Waals surface area contributed by atoms with Gasteiger partial charge in [-0.15, -0.1) is 10.2 Å². The maximum Gasteiger partial charge on any atom is 0.237 e. The van der Waals surface area contributed by atoms with E-state index in [0.29, 0.717) is 20.9 Å². The smallest absolute Gasteiger partial charge is 0.237 e. The second kappa shape index (κ2) is 6.77. The van der Waals surface area contributed by atoms with Crippen LogP contribution in [0.3, 0.4) is 0 Å². The largest absolute Gasteiger partial charge is 0.495 e. The molecule has 1 unspecified atom stereocenters. The number of nitrogens with two attached hydrogens (primary N) is 1. The molecule has 0 aliphatic carbocycles. The number of rotatable bonds is 5. The van der Waals surface area contributed by atoms with Crippen molar-refractivity contribution in [1.82, 2.24) is 10.2 Å². The Kier molecular flexibility index (Phi) is 5.03. The van der Waals surface area contributed by atoms with Gasteiger partial charge in [0.15, 0.2) is 4.34 Å². The summed E-state index contributed by atoms with van der Waals surface area (Å²) in [4.78, 5) is 12.2. The number of ether oxygens (including phenoxy) is 1. The Bertz CT molecular complexity index is 645. The highest BCUT2D eigenvalue weighted by Crippen LogP contribution is 2.30. The van der Waals surface area contributed by atoms with Crippen LogP contribution < -0.4 is 15.8 Å².